The molecule has 1 spiro atoms. The third kappa shape index (κ3) is 2.63. The number of nitrogens with zero attached hydrogens (tertiary/aromatic N) is 1. The zero-order valence-electron chi connectivity index (χ0n) is 10.7. The van der Waals surface area contributed by atoms with Crippen LogP contribution >= 0.6 is 27.3 Å². The van der Waals surface area contributed by atoms with Crippen molar-refractivity contribution in [3.63, 3.8) is 0 Å². The highest BCUT2D eigenvalue weighted by Crippen LogP contribution is 2.47. The van der Waals surface area contributed by atoms with Crippen LogP contribution in [0.4, 0.5) is 0 Å². The lowest BCUT2D eigenvalue weighted by Crippen LogP contribution is -2.46. The van der Waals surface area contributed by atoms with Crippen LogP contribution in [0.25, 0.3) is 0 Å². The quantitative estimate of drug-likeness (QED) is 0.768. The van der Waals surface area contributed by atoms with Crippen LogP contribution in [0.15, 0.2) is 15.9 Å². The minimum absolute atomic E-state index is 0.000694. The van der Waals surface area contributed by atoms with Gasteiger partial charge in [0.2, 0.25) is 11.8 Å². The maximum Gasteiger partial charge on any atom is 0.230 e. The van der Waals surface area contributed by atoms with Gasteiger partial charge in [-0.25, -0.2) is 0 Å². The highest BCUT2D eigenvalue weighted by Gasteiger charge is 2.44. The van der Waals surface area contributed by atoms with Gasteiger partial charge in [-0.3, -0.25) is 14.5 Å². The topological polar surface area (TPSA) is 37.4 Å². The van der Waals surface area contributed by atoms with Crippen LogP contribution < -0.4 is 0 Å². The molecule has 5 heteroatoms. The second-order valence-electron chi connectivity index (χ2n) is 5.67. The molecule has 0 atom stereocenters. The lowest BCUT2D eigenvalue weighted by atomic mass is 9.76. The van der Waals surface area contributed by atoms with E-state index in [0.717, 1.165) is 22.2 Å². The minimum Gasteiger partial charge on any atom is -0.277 e. The summed E-state index contributed by atoms with van der Waals surface area (Å²) < 4.78 is 1.01. The van der Waals surface area contributed by atoms with Gasteiger partial charge in [-0.1, -0.05) is 12.8 Å². The molecule has 3 rings (SSSR count). The van der Waals surface area contributed by atoms with E-state index in [1.807, 2.05) is 11.4 Å². The highest BCUT2D eigenvalue weighted by molar-refractivity contribution is 9.10. The van der Waals surface area contributed by atoms with Crippen LogP contribution in [-0.4, -0.2) is 16.7 Å². The van der Waals surface area contributed by atoms with Crippen LogP contribution in [0.1, 0.15) is 43.4 Å². The summed E-state index contributed by atoms with van der Waals surface area (Å²) in [6.45, 7) is 0.435. The van der Waals surface area contributed by atoms with E-state index >= 15 is 0 Å². The Morgan fingerprint density at radius 1 is 1.21 bits per heavy atom. The second kappa shape index (κ2) is 5.02. The van der Waals surface area contributed by atoms with Gasteiger partial charge in [0, 0.05) is 27.6 Å². The Morgan fingerprint density at radius 3 is 2.37 bits per heavy atom. The molecule has 0 unspecified atom stereocenters. The molecule has 1 saturated carbocycles. The van der Waals surface area contributed by atoms with Crippen molar-refractivity contribution in [2.75, 3.05) is 0 Å². The lowest BCUT2D eigenvalue weighted by molar-refractivity contribution is -0.154. The van der Waals surface area contributed by atoms with Gasteiger partial charge >= 0.3 is 0 Å². The maximum atomic E-state index is 12.3. The molecule has 1 aliphatic heterocycles. The number of carbonyl (C=O) groups excluding carboxylic acids is 2. The molecule has 1 aromatic heterocycles. The van der Waals surface area contributed by atoms with Crippen molar-refractivity contribution in [1.82, 2.24) is 4.90 Å². The monoisotopic (exact) mass is 341 g/mol. The van der Waals surface area contributed by atoms with Crippen molar-refractivity contribution < 1.29 is 9.59 Å². The number of thiophene rings is 1. The number of imide groups is 1. The fraction of sp³-hybridized carbons (Fsp3) is 0.571. The lowest BCUT2D eigenvalue weighted by Gasteiger charge is -2.37. The standard InChI is InChI=1S/C14H16BrNO2S/c15-10-5-11(19-9-10)8-16-12(17)6-14(7-13(16)18)3-1-2-4-14/h5,9H,1-4,6-8H2. The number of piperidine rings is 1. The summed E-state index contributed by atoms with van der Waals surface area (Å²) in [6, 6.07) is 1.98. The summed E-state index contributed by atoms with van der Waals surface area (Å²) in [4.78, 5) is 27.0. The molecule has 0 aromatic carbocycles. The van der Waals surface area contributed by atoms with Crippen LogP contribution in [0.3, 0.4) is 0 Å². The predicted octanol–water partition coefficient (Wildman–Crippen LogP) is 3.72. The Balaban J connectivity index is 1.73. The van der Waals surface area contributed by atoms with E-state index in [4.69, 9.17) is 0 Å². The molecule has 2 fully saturated rings. The van der Waals surface area contributed by atoms with Crippen molar-refractivity contribution >= 4 is 39.1 Å². The predicted molar refractivity (Wildman–Crippen MR) is 77.7 cm³/mol. The van der Waals surface area contributed by atoms with Gasteiger partial charge in [-0.2, -0.15) is 0 Å². The van der Waals surface area contributed by atoms with Gasteiger partial charge in [-0.05, 0) is 40.3 Å². The molecule has 1 aromatic rings. The number of amides is 2. The summed E-state index contributed by atoms with van der Waals surface area (Å²) in [5, 5.41) is 1.98. The van der Waals surface area contributed by atoms with Gasteiger partial charge in [0.1, 0.15) is 0 Å². The van der Waals surface area contributed by atoms with Gasteiger partial charge in [-0.15, -0.1) is 11.3 Å². The second-order valence-corrected chi connectivity index (χ2v) is 7.58. The molecule has 102 valence electrons. The normalized spacial score (nSPS) is 22.5. The molecule has 19 heavy (non-hydrogen) atoms. The van der Waals surface area contributed by atoms with Crippen LogP contribution in [0.2, 0.25) is 0 Å². The van der Waals surface area contributed by atoms with E-state index in [1.54, 1.807) is 11.3 Å². The molecular formula is C14H16BrNO2S. The average Bonchev–Trinajstić information content (AvgIpc) is 2.94. The Labute approximate surface area is 125 Å². The van der Waals surface area contributed by atoms with E-state index < -0.39 is 0 Å². The largest absolute Gasteiger partial charge is 0.277 e. The van der Waals surface area contributed by atoms with E-state index in [9.17, 15) is 9.59 Å². The number of hydrogen-bond donors (Lipinski definition) is 0. The minimum atomic E-state index is 0.000694. The molecular weight excluding hydrogens is 326 g/mol. The third-order valence-electron chi connectivity index (χ3n) is 4.25. The Hall–Kier alpha value is -0.680. The van der Waals surface area contributed by atoms with Gasteiger partial charge in [0.05, 0.1) is 6.54 Å². The summed E-state index contributed by atoms with van der Waals surface area (Å²) in [5.74, 6) is 0.0327. The zero-order valence-corrected chi connectivity index (χ0v) is 13.1. The number of hydrogen-bond acceptors (Lipinski definition) is 3. The van der Waals surface area contributed by atoms with Crippen molar-refractivity contribution in [1.29, 1.82) is 0 Å². The Morgan fingerprint density at radius 2 is 1.84 bits per heavy atom. The Bertz CT molecular complexity index is 499. The summed E-state index contributed by atoms with van der Waals surface area (Å²) in [6.07, 6.45) is 5.54. The molecule has 2 heterocycles. The third-order valence-corrected chi connectivity index (χ3v) is 5.94. The van der Waals surface area contributed by atoms with Crippen molar-refractivity contribution in [3.05, 3.63) is 20.8 Å². The molecule has 3 nitrogen and oxygen atoms in total. The van der Waals surface area contributed by atoms with Crippen molar-refractivity contribution in [3.8, 4) is 0 Å². The first-order valence-corrected chi connectivity index (χ1v) is 8.31. The molecule has 2 amide bonds. The highest BCUT2D eigenvalue weighted by atomic mass is 79.9. The summed E-state index contributed by atoms with van der Waals surface area (Å²) in [7, 11) is 0. The molecule has 0 N–H and O–H groups in total. The first-order chi connectivity index (χ1) is 9.08. The van der Waals surface area contributed by atoms with Crippen LogP contribution in [0.5, 0.6) is 0 Å². The number of halogens is 1. The first kappa shape index (κ1) is 13.3. The van der Waals surface area contributed by atoms with Gasteiger partial charge in [0.15, 0.2) is 0 Å². The summed E-state index contributed by atoms with van der Waals surface area (Å²) >= 11 is 4.98. The molecule has 1 aliphatic carbocycles. The number of likely N-dealkylation sites (tertiary alicyclic amines) is 1. The Kier molecular flexibility index (Phi) is 3.52. The first-order valence-electron chi connectivity index (χ1n) is 6.64. The van der Waals surface area contributed by atoms with E-state index in [0.29, 0.717) is 19.4 Å². The SMILES string of the molecule is O=C1CC2(CCCC2)CC(=O)N1Cc1cc(Br)cs1. The zero-order chi connectivity index (χ0) is 13.5. The smallest absolute Gasteiger partial charge is 0.230 e. The van der Waals surface area contributed by atoms with Crippen LogP contribution in [-0.2, 0) is 16.1 Å². The molecule has 0 radical (unpaired) electrons. The molecule has 0 bridgehead atoms. The average molecular weight is 342 g/mol. The fourth-order valence-electron chi connectivity index (χ4n) is 3.28. The summed E-state index contributed by atoms with van der Waals surface area (Å²) in [5.41, 5.74) is 0.000694. The maximum absolute atomic E-state index is 12.3. The molecule has 1 saturated heterocycles. The van der Waals surface area contributed by atoms with E-state index in [-0.39, 0.29) is 17.2 Å². The van der Waals surface area contributed by atoms with E-state index in [2.05, 4.69) is 15.9 Å². The van der Waals surface area contributed by atoms with E-state index in [1.165, 1.54) is 17.7 Å². The fourth-order valence-corrected chi connectivity index (χ4v) is 4.72. The van der Waals surface area contributed by atoms with Crippen molar-refractivity contribution in [2.24, 2.45) is 5.41 Å². The van der Waals surface area contributed by atoms with Crippen LogP contribution in [0, 0.1) is 5.41 Å². The van der Waals surface area contributed by atoms with Gasteiger partial charge < -0.3 is 0 Å². The number of rotatable bonds is 2. The van der Waals surface area contributed by atoms with Crippen molar-refractivity contribution in [2.45, 2.75) is 45.1 Å². The molecule has 2 aliphatic rings. The van der Waals surface area contributed by atoms with Gasteiger partial charge in [0.25, 0.3) is 0 Å². The number of carbonyl (C=O) groups is 2.